The zero-order valence-corrected chi connectivity index (χ0v) is 5.45. The first-order valence-electron chi connectivity index (χ1n) is 3.22. The van der Waals surface area contributed by atoms with Crippen molar-refractivity contribution in [1.29, 1.82) is 0 Å². The van der Waals surface area contributed by atoms with E-state index in [4.69, 9.17) is 4.42 Å². The van der Waals surface area contributed by atoms with E-state index < -0.39 is 0 Å². The number of hydrogen-bond acceptors (Lipinski definition) is 0. The molecule has 0 unspecified atom stereocenters. The van der Waals surface area contributed by atoms with Crippen LogP contribution in [-0.4, -0.2) is 0 Å². The summed E-state index contributed by atoms with van der Waals surface area (Å²) in [6.07, 6.45) is 1.68. The molecule has 0 radical (unpaired) electrons. The minimum Gasteiger partial charge on any atom is -0.216 e. The summed E-state index contributed by atoms with van der Waals surface area (Å²) in [5, 5.41) is 1.14. The number of rotatable bonds is 0. The highest BCUT2D eigenvalue weighted by atomic mass is 16.3. The molecule has 0 spiro atoms. The number of fused-ring (bicyclic) bond motifs is 1. The van der Waals surface area contributed by atoms with E-state index in [2.05, 4.69) is 0 Å². The lowest BCUT2D eigenvalue weighted by Gasteiger charge is -1.81. The molecule has 1 aromatic heterocycles. The Morgan fingerprint density at radius 2 is 1.70 bits per heavy atom. The highest BCUT2D eigenvalue weighted by Crippen LogP contribution is 2.11. The SMILES string of the molecule is c1ccc2[o+]cccc2c1. The summed E-state index contributed by atoms with van der Waals surface area (Å²) in [7, 11) is 0. The molecule has 0 amide bonds. The third kappa shape index (κ3) is 0.760. The van der Waals surface area contributed by atoms with Gasteiger partial charge in [-0.2, -0.15) is 0 Å². The summed E-state index contributed by atoms with van der Waals surface area (Å²) in [6.45, 7) is 0. The van der Waals surface area contributed by atoms with Gasteiger partial charge in [0.25, 0.3) is 0 Å². The lowest BCUT2D eigenvalue weighted by atomic mass is 10.2. The van der Waals surface area contributed by atoms with E-state index in [0.29, 0.717) is 0 Å². The fourth-order valence-corrected chi connectivity index (χ4v) is 0.981. The van der Waals surface area contributed by atoms with Crippen molar-refractivity contribution in [2.24, 2.45) is 0 Å². The quantitative estimate of drug-likeness (QED) is 0.500. The van der Waals surface area contributed by atoms with Crippen molar-refractivity contribution in [3.63, 3.8) is 0 Å². The normalized spacial score (nSPS) is 10.0. The van der Waals surface area contributed by atoms with Crippen LogP contribution in [0.3, 0.4) is 0 Å². The van der Waals surface area contributed by atoms with Crippen LogP contribution in [0.2, 0.25) is 0 Å². The van der Waals surface area contributed by atoms with Gasteiger partial charge < -0.3 is 0 Å². The largest absolute Gasteiger partial charge is 0.359 e. The monoisotopic (exact) mass is 131 g/mol. The Bertz CT molecular complexity index is 276. The van der Waals surface area contributed by atoms with E-state index in [1.54, 1.807) is 6.26 Å². The van der Waals surface area contributed by atoms with Crippen molar-refractivity contribution < 1.29 is 4.42 Å². The second-order valence-electron chi connectivity index (χ2n) is 2.15. The second-order valence-corrected chi connectivity index (χ2v) is 2.15. The summed E-state index contributed by atoms with van der Waals surface area (Å²) in [6, 6.07) is 11.9. The third-order valence-corrected chi connectivity index (χ3v) is 1.47. The molecule has 1 heteroatoms. The number of hydrogen-bond donors (Lipinski definition) is 0. The zero-order valence-electron chi connectivity index (χ0n) is 5.45. The molecular weight excluding hydrogens is 124 g/mol. The van der Waals surface area contributed by atoms with Gasteiger partial charge in [0.2, 0.25) is 0 Å². The first-order chi connectivity index (χ1) is 4.97. The highest BCUT2D eigenvalue weighted by Gasteiger charge is 1.99. The van der Waals surface area contributed by atoms with Gasteiger partial charge in [-0.3, -0.25) is 0 Å². The van der Waals surface area contributed by atoms with Crippen LogP contribution < -0.4 is 0 Å². The summed E-state index contributed by atoms with van der Waals surface area (Å²) in [5.74, 6) is 0. The Kier molecular flexibility index (Phi) is 1.14. The third-order valence-electron chi connectivity index (χ3n) is 1.47. The maximum atomic E-state index is 5.21. The summed E-state index contributed by atoms with van der Waals surface area (Å²) in [4.78, 5) is 0. The van der Waals surface area contributed by atoms with Crippen molar-refractivity contribution in [3.8, 4) is 0 Å². The van der Waals surface area contributed by atoms with Crippen LogP contribution in [-0.2, 0) is 0 Å². The van der Waals surface area contributed by atoms with Crippen LogP contribution in [0.1, 0.15) is 0 Å². The molecule has 0 aliphatic heterocycles. The molecule has 2 aromatic rings. The van der Waals surface area contributed by atoms with Crippen LogP contribution in [0.5, 0.6) is 0 Å². The average Bonchev–Trinajstić information content (AvgIpc) is 2.05. The van der Waals surface area contributed by atoms with Gasteiger partial charge in [0, 0.05) is 12.1 Å². The molecule has 1 nitrogen and oxygen atoms in total. The molecule has 1 aromatic carbocycles. The van der Waals surface area contributed by atoms with Gasteiger partial charge in [-0.15, -0.1) is 0 Å². The predicted molar refractivity (Wildman–Crippen MR) is 40.6 cm³/mol. The minimum atomic E-state index is 0.935. The molecule has 48 valence electrons. The van der Waals surface area contributed by atoms with E-state index in [9.17, 15) is 0 Å². The van der Waals surface area contributed by atoms with Crippen LogP contribution in [0.4, 0.5) is 0 Å². The molecule has 0 N–H and O–H groups in total. The van der Waals surface area contributed by atoms with Gasteiger partial charge in [-0.05, 0) is 12.1 Å². The van der Waals surface area contributed by atoms with Crippen LogP contribution in [0.15, 0.2) is 47.1 Å². The van der Waals surface area contributed by atoms with Crippen molar-refractivity contribution in [2.45, 2.75) is 0 Å². The van der Waals surface area contributed by atoms with Crippen molar-refractivity contribution in [2.75, 3.05) is 0 Å². The van der Waals surface area contributed by atoms with Crippen molar-refractivity contribution in [3.05, 3.63) is 42.7 Å². The molecule has 0 atom stereocenters. The van der Waals surface area contributed by atoms with Crippen LogP contribution >= 0.6 is 0 Å². The van der Waals surface area contributed by atoms with E-state index in [-0.39, 0.29) is 0 Å². The Morgan fingerprint density at radius 1 is 0.900 bits per heavy atom. The lowest BCUT2D eigenvalue weighted by molar-refractivity contribution is 0.604. The number of para-hydroxylation sites is 1. The standard InChI is InChI=1S/C9H7O/c1-2-6-9-8(4-1)5-3-7-10-9/h1-7H/q+1. The molecule has 0 aliphatic carbocycles. The molecule has 10 heavy (non-hydrogen) atoms. The van der Waals surface area contributed by atoms with Crippen LogP contribution in [0.25, 0.3) is 11.0 Å². The Hall–Kier alpha value is -1.37. The van der Waals surface area contributed by atoms with Gasteiger partial charge >= 0.3 is 11.8 Å². The summed E-state index contributed by atoms with van der Waals surface area (Å²) in [5.41, 5.74) is 0.935. The highest BCUT2D eigenvalue weighted by molar-refractivity contribution is 5.75. The second kappa shape index (κ2) is 2.10. The Balaban J connectivity index is 2.89. The van der Waals surface area contributed by atoms with Gasteiger partial charge in [-0.1, -0.05) is 12.1 Å². The molecule has 0 saturated heterocycles. The zero-order chi connectivity index (χ0) is 6.81. The van der Waals surface area contributed by atoms with Crippen molar-refractivity contribution in [1.82, 2.24) is 0 Å². The van der Waals surface area contributed by atoms with Gasteiger partial charge in [0.1, 0.15) is 0 Å². The number of benzene rings is 1. The first-order valence-corrected chi connectivity index (χ1v) is 3.22. The van der Waals surface area contributed by atoms with Crippen molar-refractivity contribution >= 4 is 11.0 Å². The maximum absolute atomic E-state index is 5.21. The van der Waals surface area contributed by atoms with Gasteiger partial charge in [0.15, 0.2) is 0 Å². The Morgan fingerprint density at radius 3 is 2.60 bits per heavy atom. The molecule has 2 rings (SSSR count). The molecule has 0 saturated carbocycles. The molecule has 0 aliphatic rings. The Labute approximate surface area is 58.9 Å². The van der Waals surface area contributed by atoms with Gasteiger partial charge in [0.05, 0.1) is 5.39 Å². The maximum Gasteiger partial charge on any atom is 0.359 e. The minimum absolute atomic E-state index is 0.935. The fourth-order valence-electron chi connectivity index (χ4n) is 0.981. The smallest absolute Gasteiger partial charge is 0.216 e. The van der Waals surface area contributed by atoms with E-state index in [1.165, 1.54) is 0 Å². The average molecular weight is 131 g/mol. The topological polar surface area (TPSA) is 11.3 Å². The predicted octanol–water partition coefficient (Wildman–Crippen LogP) is 2.71. The van der Waals surface area contributed by atoms with Crippen LogP contribution in [0, 0.1) is 0 Å². The molecule has 1 heterocycles. The lowest BCUT2D eigenvalue weighted by Crippen LogP contribution is -1.67. The molecular formula is C9H7O+. The van der Waals surface area contributed by atoms with E-state index >= 15 is 0 Å². The molecule has 0 bridgehead atoms. The summed E-state index contributed by atoms with van der Waals surface area (Å²) < 4.78 is 5.21. The van der Waals surface area contributed by atoms with E-state index in [1.807, 2.05) is 36.4 Å². The molecule has 0 fully saturated rings. The van der Waals surface area contributed by atoms with Gasteiger partial charge in [-0.25, -0.2) is 4.42 Å². The first kappa shape index (κ1) is 5.42. The van der Waals surface area contributed by atoms with E-state index in [0.717, 1.165) is 11.0 Å². The summed E-state index contributed by atoms with van der Waals surface area (Å²) >= 11 is 0. The fraction of sp³-hybridized carbons (Fsp3) is 0.